The molecule has 5 nitrogen and oxygen atoms in total. The van der Waals surface area contributed by atoms with Crippen molar-refractivity contribution in [1.29, 1.82) is 0 Å². The van der Waals surface area contributed by atoms with Gasteiger partial charge in [0.15, 0.2) is 0 Å². The summed E-state index contributed by atoms with van der Waals surface area (Å²) in [6.45, 7) is 3.43. The molecule has 0 aliphatic heterocycles. The van der Waals surface area contributed by atoms with Crippen molar-refractivity contribution >= 4 is 13.0 Å². The molecule has 1 atom stereocenters. The van der Waals surface area contributed by atoms with E-state index in [2.05, 4.69) is 5.23 Å². The minimum absolute atomic E-state index is 0.189. The fourth-order valence-corrected chi connectivity index (χ4v) is 0.964. The van der Waals surface area contributed by atoms with Gasteiger partial charge in [0.1, 0.15) is 0 Å². The lowest BCUT2D eigenvalue weighted by atomic mass is 9.86. The molecule has 0 aromatic carbocycles. The fourth-order valence-electron chi connectivity index (χ4n) is 0.964. The maximum Gasteiger partial charge on any atom is 0.374 e. The molecule has 0 heterocycles. The van der Waals surface area contributed by atoms with Crippen LogP contribution >= 0.6 is 0 Å². The zero-order valence-electron chi connectivity index (χ0n) is 8.57. The molecule has 6 heteroatoms. The van der Waals surface area contributed by atoms with Crippen LogP contribution in [0.3, 0.4) is 0 Å². The van der Waals surface area contributed by atoms with Gasteiger partial charge in [0, 0.05) is 7.05 Å². The maximum atomic E-state index is 11.5. The Kier molecular flexibility index (Phi) is 5.69. The molecule has 0 aromatic heterocycles. The molecule has 0 fully saturated rings. The SMILES string of the molecule is CC[C@@H](NB(C)O)C(=O)N(C)OC. The van der Waals surface area contributed by atoms with Crippen LogP contribution in [0.5, 0.6) is 0 Å². The van der Waals surface area contributed by atoms with Gasteiger partial charge < -0.3 is 10.3 Å². The highest BCUT2D eigenvalue weighted by atomic mass is 16.7. The van der Waals surface area contributed by atoms with Gasteiger partial charge in [0.05, 0.1) is 13.2 Å². The second-order valence-electron chi connectivity index (χ2n) is 2.82. The van der Waals surface area contributed by atoms with Crippen molar-refractivity contribution in [2.75, 3.05) is 14.2 Å². The monoisotopic (exact) mass is 188 g/mol. The van der Waals surface area contributed by atoms with Gasteiger partial charge >= 0.3 is 7.05 Å². The Bertz CT molecular complexity index is 166. The molecule has 13 heavy (non-hydrogen) atoms. The Morgan fingerprint density at radius 1 is 1.77 bits per heavy atom. The zero-order chi connectivity index (χ0) is 10.4. The highest BCUT2D eigenvalue weighted by Crippen LogP contribution is 1.97. The van der Waals surface area contributed by atoms with Crippen LogP contribution in [-0.2, 0) is 9.63 Å². The Labute approximate surface area is 79.1 Å². The van der Waals surface area contributed by atoms with E-state index in [-0.39, 0.29) is 5.91 Å². The van der Waals surface area contributed by atoms with Crippen molar-refractivity contribution < 1.29 is 14.7 Å². The number of carbonyl (C=O) groups is 1. The summed E-state index contributed by atoms with van der Waals surface area (Å²) >= 11 is 0. The molecule has 76 valence electrons. The molecule has 0 aliphatic carbocycles. The number of hydroxylamine groups is 2. The first-order valence-electron chi connectivity index (χ1n) is 4.28. The molecule has 2 N–H and O–H groups in total. The third-order valence-corrected chi connectivity index (χ3v) is 1.73. The Hall–Kier alpha value is -0.585. The highest BCUT2D eigenvalue weighted by molar-refractivity contribution is 6.46. The maximum absolute atomic E-state index is 11.5. The van der Waals surface area contributed by atoms with E-state index < -0.39 is 13.1 Å². The van der Waals surface area contributed by atoms with Crippen molar-refractivity contribution in [2.45, 2.75) is 26.2 Å². The highest BCUT2D eigenvalue weighted by Gasteiger charge is 2.22. The number of hydrogen-bond acceptors (Lipinski definition) is 4. The first-order chi connectivity index (χ1) is 6.02. The largest absolute Gasteiger partial charge is 0.437 e. The Morgan fingerprint density at radius 2 is 2.31 bits per heavy atom. The molecule has 1 amide bonds. The minimum atomic E-state index is -0.695. The van der Waals surface area contributed by atoms with E-state index >= 15 is 0 Å². The third-order valence-electron chi connectivity index (χ3n) is 1.73. The molecule has 0 spiro atoms. The molecule has 0 radical (unpaired) electrons. The summed E-state index contributed by atoms with van der Waals surface area (Å²) in [5, 5.41) is 12.9. The van der Waals surface area contributed by atoms with Crippen LogP contribution in [0.25, 0.3) is 0 Å². The van der Waals surface area contributed by atoms with Crippen LogP contribution in [0, 0.1) is 0 Å². The van der Waals surface area contributed by atoms with Crippen LogP contribution in [-0.4, -0.2) is 43.2 Å². The van der Waals surface area contributed by atoms with Gasteiger partial charge in [-0.25, -0.2) is 5.06 Å². The Balaban J connectivity index is 4.14. The standard InChI is InChI=1S/C7H17BN2O3/c1-5-6(9-8(2)12)7(11)10(3)13-4/h6,9,12H,5H2,1-4H3/t6-/m1/s1. The van der Waals surface area contributed by atoms with Crippen molar-refractivity contribution in [2.24, 2.45) is 0 Å². The minimum Gasteiger partial charge on any atom is -0.437 e. The lowest BCUT2D eigenvalue weighted by molar-refractivity contribution is -0.170. The van der Waals surface area contributed by atoms with Crippen LogP contribution in [0.4, 0.5) is 0 Å². The smallest absolute Gasteiger partial charge is 0.374 e. The van der Waals surface area contributed by atoms with Crippen molar-refractivity contribution in [3.8, 4) is 0 Å². The van der Waals surface area contributed by atoms with Gasteiger partial charge in [-0.2, -0.15) is 0 Å². The number of nitrogens with one attached hydrogen (secondary N) is 1. The van der Waals surface area contributed by atoms with Crippen LogP contribution in [0.2, 0.25) is 6.82 Å². The number of rotatable bonds is 5. The number of hydrogen-bond donors (Lipinski definition) is 2. The second kappa shape index (κ2) is 5.96. The summed E-state index contributed by atoms with van der Waals surface area (Å²) in [6.07, 6.45) is 0.609. The van der Waals surface area contributed by atoms with Crippen molar-refractivity contribution in [3.05, 3.63) is 0 Å². The molecule has 0 bridgehead atoms. The van der Waals surface area contributed by atoms with Gasteiger partial charge in [-0.1, -0.05) is 6.92 Å². The summed E-state index contributed by atoms with van der Waals surface area (Å²) in [4.78, 5) is 16.2. The molecular formula is C7H17BN2O3. The number of nitrogens with zero attached hydrogens (tertiary/aromatic N) is 1. The van der Waals surface area contributed by atoms with Gasteiger partial charge in [-0.05, 0) is 13.2 Å². The summed E-state index contributed by atoms with van der Waals surface area (Å²) in [5.74, 6) is -0.189. The fraction of sp³-hybridized carbons (Fsp3) is 0.857. The van der Waals surface area contributed by atoms with Crippen LogP contribution in [0.15, 0.2) is 0 Å². The Morgan fingerprint density at radius 3 is 2.62 bits per heavy atom. The number of carbonyl (C=O) groups excluding carboxylic acids is 1. The molecule has 0 saturated heterocycles. The van der Waals surface area contributed by atoms with E-state index in [0.717, 1.165) is 5.06 Å². The second-order valence-corrected chi connectivity index (χ2v) is 2.82. The number of amides is 1. The molecule has 0 saturated carbocycles. The van der Waals surface area contributed by atoms with Crippen LogP contribution < -0.4 is 5.23 Å². The van der Waals surface area contributed by atoms with E-state index in [0.29, 0.717) is 6.42 Å². The quantitative estimate of drug-likeness (QED) is 0.450. The average molecular weight is 188 g/mol. The lowest BCUT2D eigenvalue weighted by Crippen LogP contribution is -2.49. The van der Waals surface area contributed by atoms with Crippen LogP contribution in [0.1, 0.15) is 13.3 Å². The lowest BCUT2D eigenvalue weighted by Gasteiger charge is -2.21. The summed E-state index contributed by atoms with van der Waals surface area (Å²) in [7, 11) is 2.26. The normalized spacial score (nSPS) is 12.4. The summed E-state index contributed by atoms with van der Waals surface area (Å²) in [6, 6.07) is -0.398. The van der Waals surface area contributed by atoms with Gasteiger partial charge in [0.25, 0.3) is 5.91 Å². The first kappa shape index (κ1) is 12.4. The zero-order valence-corrected chi connectivity index (χ0v) is 8.57. The van der Waals surface area contributed by atoms with E-state index in [1.807, 2.05) is 6.92 Å². The number of likely N-dealkylation sites (N-methyl/N-ethyl adjacent to an activating group) is 1. The van der Waals surface area contributed by atoms with Crippen molar-refractivity contribution in [1.82, 2.24) is 10.3 Å². The molecular weight excluding hydrogens is 171 g/mol. The van der Waals surface area contributed by atoms with Gasteiger partial charge in [0.2, 0.25) is 0 Å². The van der Waals surface area contributed by atoms with E-state index in [1.54, 1.807) is 6.82 Å². The van der Waals surface area contributed by atoms with Gasteiger partial charge in [-0.3, -0.25) is 9.63 Å². The van der Waals surface area contributed by atoms with E-state index in [9.17, 15) is 4.79 Å². The summed E-state index contributed by atoms with van der Waals surface area (Å²) in [5.41, 5.74) is 0. The third kappa shape index (κ3) is 4.26. The summed E-state index contributed by atoms with van der Waals surface area (Å²) < 4.78 is 0. The topological polar surface area (TPSA) is 61.8 Å². The molecule has 0 aromatic rings. The first-order valence-corrected chi connectivity index (χ1v) is 4.28. The van der Waals surface area contributed by atoms with E-state index in [1.165, 1.54) is 14.2 Å². The average Bonchev–Trinajstić information content (AvgIpc) is 2.11. The molecule has 0 aliphatic rings. The van der Waals surface area contributed by atoms with Crippen molar-refractivity contribution in [3.63, 3.8) is 0 Å². The predicted octanol–water partition coefficient (Wildman–Crippen LogP) is -0.515. The van der Waals surface area contributed by atoms with E-state index in [4.69, 9.17) is 9.86 Å². The molecule has 0 rings (SSSR count). The van der Waals surface area contributed by atoms with Gasteiger partial charge in [-0.15, -0.1) is 0 Å². The molecule has 0 unspecified atom stereocenters. The predicted molar refractivity (Wildman–Crippen MR) is 50.8 cm³/mol.